The van der Waals surface area contributed by atoms with Crippen molar-refractivity contribution < 1.29 is 14.3 Å². The van der Waals surface area contributed by atoms with E-state index in [1.54, 1.807) is 0 Å². The second-order valence-corrected chi connectivity index (χ2v) is 6.58. The minimum atomic E-state index is -0.0737. The molecule has 0 bridgehead atoms. The van der Waals surface area contributed by atoms with Crippen molar-refractivity contribution in [2.75, 3.05) is 65.6 Å². The predicted octanol–water partition coefficient (Wildman–Crippen LogP) is 0.949. The molecular formula is C18H34N4O3. The molecule has 7 heteroatoms. The highest BCUT2D eigenvalue weighted by molar-refractivity contribution is 5.81. The molecule has 2 heterocycles. The van der Waals surface area contributed by atoms with Gasteiger partial charge in [-0.25, -0.2) is 0 Å². The molecule has 2 fully saturated rings. The molecule has 0 aliphatic carbocycles. The Labute approximate surface area is 151 Å². The van der Waals surface area contributed by atoms with E-state index in [2.05, 4.69) is 22.0 Å². The first-order chi connectivity index (χ1) is 12.2. The van der Waals surface area contributed by atoms with Crippen LogP contribution in [0, 0.1) is 5.92 Å². The summed E-state index contributed by atoms with van der Waals surface area (Å²) in [4.78, 5) is 21.5. The number of hydrogen-bond donors (Lipinski definition) is 1. The van der Waals surface area contributed by atoms with E-state index >= 15 is 0 Å². The zero-order chi connectivity index (χ0) is 17.9. The van der Waals surface area contributed by atoms with Crippen molar-refractivity contribution in [2.45, 2.75) is 33.1 Å². The van der Waals surface area contributed by atoms with Crippen LogP contribution in [0.25, 0.3) is 0 Å². The second-order valence-electron chi connectivity index (χ2n) is 6.58. The summed E-state index contributed by atoms with van der Waals surface area (Å²) in [6.45, 7) is 12.5. The molecule has 0 aromatic carbocycles. The highest BCUT2D eigenvalue weighted by Gasteiger charge is 2.28. The van der Waals surface area contributed by atoms with E-state index in [-0.39, 0.29) is 11.9 Å². The maximum Gasteiger partial charge on any atom is 0.310 e. The van der Waals surface area contributed by atoms with E-state index in [9.17, 15) is 4.79 Å². The smallest absolute Gasteiger partial charge is 0.310 e. The Morgan fingerprint density at radius 3 is 2.80 bits per heavy atom. The molecule has 1 N–H and O–H groups in total. The number of nitrogens with zero attached hydrogens (tertiary/aromatic N) is 3. The van der Waals surface area contributed by atoms with Gasteiger partial charge in [-0.15, -0.1) is 0 Å². The second kappa shape index (κ2) is 11.3. The van der Waals surface area contributed by atoms with Gasteiger partial charge in [0.05, 0.1) is 25.7 Å². The fraction of sp³-hybridized carbons (Fsp3) is 0.889. The predicted molar refractivity (Wildman–Crippen MR) is 98.8 cm³/mol. The fourth-order valence-electron chi connectivity index (χ4n) is 3.35. The van der Waals surface area contributed by atoms with Crippen molar-refractivity contribution >= 4 is 11.9 Å². The summed E-state index contributed by atoms with van der Waals surface area (Å²) in [6.07, 6.45) is 2.96. The minimum Gasteiger partial charge on any atom is -0.466 e. The monoisotopic (exact) mass is 354 g/mol. The van der Waals surface area contributed by atoms with Gasteiger partial charge in [0.1, 0.15) is 0 Å². The normalized spacial score (nSPS) is 22.7. The lowest BCUT2D eigenvalue weighted by Gasteiger charge is -2.34. The van der Waals surface area contributed by atoms with Crippen molar-refractivity contribution in [3.05, 3.63) is 0 Å². The van der Waals surface area contributed by atoms with Crippen LogP contribution in [0.5, 0.6) is 0 Å². The number of esters is 1. The number of morpholine rings is 1. The summed E-state index contributed by atoms with van der Waals surface area (Å²) in [7, 11) is 0. The number of piperidine rings is 1. The minimum absolute atomic E-state index is 0.0362. The topological polar surface area (TPSA) is 66.4 Å². The third kappa shape index (κ3) is 6.82. The summed E-state index contributed by atoms with van der Waals surface area (Å²) in [5, 5.41) is 3.37. The van der Waals surface area contributed by atoms with Crippen LogP contribution in [-0.2, 0) is 14.3 Å². The van der Waals surface area contributed by atoms with Gasteiger partial charge in [-0.1, -0.05) is 0 Å². The van der Waals surface area contributed by atoms with E-state index in [1.165, 1.54) is 0 Å². The molecule has 2 aliphatic heterocycles. The van der Waals surface area contributed by atoms with E-state index in [4.69, 9.17) is 14.5 Å². The Bertz CT molecular complexity index is 425. The van der Waals surface area contributed by atoms with Gasteiger partial charge in [-0.05, 0) is 33.1 Å². The molecule has 0 amide bonds. The van der Waals surface area contributed by atoms with Crippen LogP contribution in [0.15, 0.2) is 4.99 Å². The number of carbonyl (C=O) groups excluding carboxylic acids is 1. The number of aliphatic imine (C=N–C) groups is 1. The Kier molecular flexibility index (Phi) is 9.04. The molecule has 0 spiro atoms. The molecule has 0 aromatic heterocycles. The van der Waals surface area contributed by atoms with Crippen LogP contribution in [0.1, 0.15) is 33.1 Å². The van der Waals surface area contributed by atoms with Crippen molar-refractivity contribution in [2.24, 2.45) is 10.9 Å². The number of nitrogens with one attached hydrogen (secondary N) is 1. The number of hydrogen-bond acceptors (Lipinski definition) is 5. The maximum atomic E-state index is 12.0. The number of likely N-dealkylation sites (tertiary alicyclic amines) is 1. The summed E-state index contributed by atoms with van der Waals surface area (Å²) < 4.78 is 10.6. The zero-order valence-electron chi connectivity index (χ0n) is 15.8. The van der Waals surface area contributed by atoms with Gasteiger partial charge in [0.2, 0.25) is 0 Å². The molecule has 0 saturated carbocycles. The molecule has 144 valence electrons. The molecule has 0 aromatic rings. The standard InChI is InChI=1S/C18H34N4O3/c1-3-19-18(20-8-6-9-21-11-13-24-14-12-21)22-10-5-7-16(15-22)17(23)25-4-2/h16H,3-15H2,1-2H3,(H,19,20). The largest absolute Gasteiger partial charge is 0.466 e. The van der Waals surface area contributed by atoms with Gasteiger partial charge >= 0.3 is 5.97 Å². The van der Waals surface area contributed by atoms with Crippen molar-refractivity contribution in [3.8, 4) is 0 Å². The maximum absolute atomic E-state index is 12.0. The average Bonchev–Trinajstić information content (AvgIpc) is 2.65. The molecule has 2 aliphatic rings. The summed E-state index contributed by atoms with van der Waals surface area (Å²) in [5.41, 5.74) is 0. The highest BCUT2D eigenvalue weighted by atomic mass is 16.5. The third-order valence-electron chi connectivity index (χ3n) is 4.67. The number of ether oxygens (including phenoxy) is 2. The Balaban J connectivity index is 1.81. The first-order valence-corrected chi connectivity index (χ1v) is 9.74. The first-order valence-electron chi connectivity index (χ1n) is 9.74. The van der Waals surface area contributed by atoms with E-state index in [0.717, 1.165) is 77.7 Å². The Morgan fingerprint density at radius 2 is 2.08 bits per heavy atom. The molecule has 1 atom stereocenters. The molecule has 2 rings (SSSR count). The van der Waals surface area contributed by atoms with Crippen molar-refractivity contribution in [3.63, 3.8) is 0 Å². The molecule has 0 radical (unpaired) electrons. The van der Waals surface area contributed by atoms with Crippen LogP contribution in [0.2, 0.25) is 0 Å². The summed E-state index contributed by atoms with van der Waals surface area (Å²) in [5.74, 6) is 0.819. The van der Waals surface area contributed by atoms with Gasteiger partial charge in [0.25, 0.3) is 0 Å². The lowest BCUT2D eigenvalue weighted by molar-refractivity contribution is -0.149. The Hall–Kier alpha value is -1.34. The van der Waals surface area contributed by atoms with Gasteiger partial charge < -0.3 is 19.7 Å². The van der Waals surface area contributed by atoms with E-state index in [1.807, 2.05) is 6.92 Å². The van der Waals surface area contributed by atoms with Crippen molar-refractivity contribution in [1.82, 2.24) is 15.1 Å². The fourth-order valence-corrected chi connectivity index (χ4v) is 3.35. The molecular weight excluding hydrogens is 320 g/mol. The molecule has 2 saturated heterocycles. The lowest BCUT2D eigenvalue weighted by Crippen LogP contribution is -2.48. The highest BCUT2D eigenvalue weighted by Crippen LogP contribution is 2.18. The molecule has 1 unspecified atom stereocenters. The van der Waals surface area contributed by atoms with Crippen LogP contribution < -0.4 is 5.32 Å². The number of rotatable bonds is 7. The van der Waals surface area contributed by atoms with E-state index in [0.29, 0.717) is 13.2 Å². The van der Waals surface area contributed by atoms with Gasteiger partial charge in [0.15, 0.2) is 5.96 Å². The average molecular weight is 354 g/mol. The Morgan fingerprint density at radius 1 is 1.28 bits per heavy atom. The van der Waals surface area contributed by atoms with E-state index < -0.39 is 0 Å². The van der Waals surface area contributed by atoms with Gasteiger partial charge in [-0.3, -0.25) is 14.7 Å². The summed E-state index contributed by atoms with van der Waals surface area (Å²) >= 11 is 0. The third-order valence-corrected chi connectivity index (χ3v) is 4.67. The van der Waals surface area contributed by atoms with Gasteiger partial charge in [-0.2, -0.15) is 0 Å². The van der Waals surface area contributed by atoms with Crippen molar-refractivity contribution in [1.29, 1.82) is 0 Å². The van der Waals surface area contributed by atoms with Crippen LogP contribution >= 0.6 is 0 Å². The summed E-state index contributed by atoms with van der Waals surface area (Å²) in [6, 6.07) is 0. The quantitative estimate of drug-likeness (QED) is 0.318. The number of guanidine groups is 1. The van der Waals surface area contributed by atoms with Crippen LogP contribution in [0.4, 0.5) is 0 Å². The molecule has 25 heavy (non-hydrogen) atoms. The van der Waals surface area contributed by atoms with Crippen LogP contribution in [0.3, 0.4) is 0 Å². The zero-order valence-corrected chi connectivity index (χ0v) is 15.8. The van der Waals surface area contributed by atoms with Crippen LogP contribution in [-0.4, -0.2) is 87.4 Å². The first kappa shape index (κ1) is 20.0. The molecule has 7 nitrogen and oxygen atoms in total. The lowest BCUT2D eigenvalue weighted by atomic mass is 9.98. The SMILES string of the molecule is CCNC(=NCCCN1CCOCC1)N1CCCC(C(=O)OCC)C1. The number of carbonyl (C=O) groups is 1. The van der Waals surface area contributed by atoms with Gasteiger partial charge in [0, 0.05) is 45.8 Å².